The number of nitrogens with one attached hydrogen (secondary N) is 5. The second-order valence-electron chi connectivity index (χ2n) is 26.3. The second-order valence-corrected chi connectivity index (χ2v) is 30.0. The number of carbonyl (C=O) groups excluding carboxylic acids is 11. The molecule has 5 rings (SSSR count). The zero-order chi connectivity index (χ0) is 70.8. The number of benzene rings is 1. The third-order valence-corrected chi connectivity index (χ3v) is 21.7. The van der Waals surface area contributed by atoms with Crippen LogP contribution in [0.3, 0.4) is 0 Å². The number of aliphatic hydroxyl groups is 1. The van der Waals surface area contributed by atoms with Gasteiger partial charge in [-0.1, -0.05) is 84.7 Å². The van der Waals surface area contributed by atoms with E-state index < -0.39 is 75.7 Å². The summed E-state index contributed by atoms with van der Waals surface area (Å²) < 4.78 is 11.9. The molecule has 3 fully saturated rings. The van der Waals surface area contributed by atoms with Crippen molar-refractivity contribution in [2.75, 3.05) is 91.4 Å². The van der Waals surface area contributed by atoms with E-state index in [4.69, 9.17) is 14.5 Å². The normalized spacial score (nSPS) is 18.5. The quantitative estimate of drug-likeness (QED) is 0.0380. The van der Waals surface area contributed by atoms with Gasteiger partial charge in [0.15, 0.2) is 0 Å². The summed E-state index contributed by atoms with van der Waals surface area (Å²) in [6, 6.07) is 5.23. The number of likely N-dealkylation sites (N-methyl/N-ethyl adjacent to an activating group) is 1. The fraction of sp³-hybridized carbons (Fsp3) is 0.706. The van der Waals surface area contributed by atoms with Gasteiger partial charge in [-0.25, -0.2) is 4.98 Å². The van der Waals surface area contributed by atoms with Crippen molar-refractivity contribution < 1.29 is 67.3 Å². The molecule has 6 N–H and O–H groups in total. The number of hydrogen-bond donors (Lipinski definition) is 6. The van der Waals surface area contributed by atoms with E-state index in [2.05, 4.69) is 40.4 Å². The van der Waals surface area contributed by atoms with Gasteiger partial charge < -0.3 is 51.0 Å². The number of amides is 11. The summed E-state index contributed by atoms with van der Waals surface area (Å²) in [7, 11) is 3.67. The standard InChI is InChI=1S/C68H107N11O14S3/c1-13-27-77(66(90)59(45(7)15-3)74-67(91)68(9,10)75(11)12)51(43(4)5)38-52(93-33-14-2)63-73-50(41-94-63)62(87)71-48(37-47-21-19-44(6)20-22-47)36-46(8)60(85)72-49(61(86)70-26-34-92-35-32-80)18-16-17-25-69-55(81)23-24-56(82)76-28-30-78-57(83)39-53(64(78)88)95-42-96-54-40-58(84)79(31-29-76)65(54)89/h19-22,41,43,45-46,48-49,51-54,59,80H,13-18,23-40,42H2,1-12H3,(H,69,81)(H,70,86)(H,71,87)(H,72,85)(H,74,91)/t45?,46?,48-,49?,51-,52-,53?,54?,59+/m1/s1. The van der Waals surface area contributed by atoms with E-state index >= 15 is 0 Å². The minimum absolute atomic E-state index is 0.00854. The Hall–Kier alpha value is -6.04. The number of aryl methyl sites for hydroxylation is 1. The van der Waals surface area contributed by atoms with Gasteiger partial charge in [-0.15, -0.1) is 34.9 Å². The molecule has 1 aromatic carbocycles. The molecule has 0 radical (unpaired) electrons. The number of unbranched alkanes of at least 4 members (excludes halogenated alkanes) is 1. The number of nitrogens with zero attached hydrogens (tertiary/aromatic N) is 6. The van der Waals surface area contributed by atoms with E-state index in [9.17, 15) is 57.8 Å². The van der Waals surface area contributed by atoms with Crippen molar-refractivity contribution in [2.45, 2.75) is 199 Å². The monoisotopic (exact) mass is 1400 g/mol. The number of fused-ring (bicyclic) bond motifs is 4. The number of hydrogen-bond acceptors (Lipinski definition) is 19. The van der Waals surface area contributed by atoms with Gasteiger partial charge in [-0.05, 0) is 97.2 Å². The van der Waals surface area contributed by atoms with Crippen molar-refractivity contribution in [3.05, 3.63) is 51.5 Å². The molecule has 25 nitrogen and oxygen atoms in total. The molecule has 96 heavy (non-hydrogen) atoms. The van der Waals surface area contributed by atoms with Crippen molar-refractivity contribution in [3.8, 4) is 0 Å². The topological polar surface area (TPSA) is 316 Å². The zero-order valence-corrected chi connectivity index (χ0v) is 60.9. The molecule has 1 aromatic heterocycles. The molecule has 28 heteroatoms. The Morgan fingerprint density at radius 3 is 2.00 bits per heavy atom. The first kappa shape index (κ1) is 80.6. The van der Waals surface area contributed by atoms with Gasteiger partial charge in [0.05, 0.1) is 35.9 Å². The average molecular weight is 1400 g/mol. The molecule has 0 saturated carbocycles. The third kappa shape index (κ3) is 24.2. The first-order chi connectivity index (χ1) is 45.6. The highest BCUT2D eigenvalue weighted by Crippen LogP contribution is 2.35. The zero-order valence-electron chi connectivity index (χ0n) is 58.5. The molecular weight excluding hydrogens is 1290 g/mol. The maximum absolute atomic E-state index is 14.9. The molecule has 4 heterocycles. The Bertz CT molecular complexity index is 2890. The Labute approximate surface area is 579 Å². The maximum Gasteiger partial charge on any atom is 0.270 e. The number of ether oxygens (including phenoxy) is 2. The number of rotatable bonds is 38. The van der Waals surface area contributed by atoms with Gasteiger partial charge in [0.1, 0.15) is 28.9 Å². The summed E-state index contributed by atoms with van der Waals surface area (Å²) >= 11 is 3.82. The van der Waals surface area contributed by atoms with E-state index in [0.717, 1.165) is 20.9 Å². The van der Waals surface area contributed by atoms with Gasteiger partial charge in [-0.3, -0.25) is 67.4 Å². The van der Waals surface area contributed by atoms with E-state index in [1.807, 2.05) is 96.6 Å². The highest BCUT2D eigenvalue weighted by molar-refractivity contribution is 8.17. The van der Waals surface area contributed by atoms with E-state index in [1.54, 1.807) is 12.3 Å². The molecule has 536 valence electrons. The number of aliphatic hydroxyl groups excluding tert-OH is 1. The van der Waals surface area contributed by atoms with Crippen LogP contribution in [0.15, 0.2) is 29.6 Å². The first-order valence-corrected chi connectivity index (χ1v) is 37.1. The van der Waals surface area contributed by atoms with E-state index in [0.29, 0.717) is 68.2 Å². The summed E-state index contributed by atoms with van der Waals surface area (Å²) in [6.07, 6.45) is 2.99. The van der Waals surface area contributed by atoms with Crippen LogP contribution in [-0.4, -0.2) is 231 Å². The van der Waals surface area contributed by atoms with Gasteiger partial charge in [0.2, 0.25) is 59.1 Å². The summed E-state index contributed by atoms with van der Waals surface area (Å²) in [5.74, 6) is -4.92. The molecule has 3 aliphatic heterocycles. The van der Waals surface area contributed by atoms with Crippen molar-refractivity contribution in [3.63, 3.8) is 0 Å². The predicted octanol–water partition coefficient (Wildman–Crippen LogP) is 5.01. The molecule has 2 aromatic rings. The molecule has 9 atom stereocenters. The van der Waals surface area contributed by atoms with E-state index in [1.165, 1.54) is 39.8 Å². The highest BCUT2D eigenvalue weighted by atomic mass is 32.2. The lowest BCUT2D eigenvalue weighted by molar-refractivity contribution is -0.144. The minimum Gasteiger partial charge on any atom is -0.394 e. The smallest absolute Gasteiger partial charge is 0.270 e. The first-order valence-electron chi connectivity index (χ1n) is 34.1. The van der Waals surface area contributed by atoms with Crippen LogP contribution < -0.4 is 26.6 Å². The van der Waals surface area contributed by atoms with Crippen LogP contribution in [0.2, 0.25) is 0 Å². The number of imide groups is 2. The van der Waals surface area contributed by atoms with Gasteiger partial charge in [0.25, 0.3) is 5.91 Å². The fourth-order valence-corrected chi connectivity index (χ4v) is 15.0. The van der Waals surface area contributed by atoms with Crippen LogP contribution in [0.1, 0.15) is 172 Å². The highest BCUT2D eigenvalue weighted by Gasteiger charge is 2.44. The molecule has 3 saturated heterocycles. The van der Waals surface area contributed by atoms with Crippen molar-refractivity contribution in [1.82, 2.24) is 56.1 Å². The fourth-order valence-electron chi connectivity index (χ4n) is 11.4. The summed E-state index contributed by atoms with van der Waals surface area (Å²) in [6.45, 7) is 20.5. The lowest BCUT2D eigenvalue weighted by atomic mass is 9.91. The van der Waals surface area contributed by atoms with Gasteiger partial charge in [-0.2, -0.15) is 0 Å². The Balaban J connectivity index is 1.24. The van der Waals surface area contributed by atoms with E-state index in [-0.39, 0.29) is 157 Å². The van der Waals surface area contributed by atoms with Crippen LogP contribution in [-0.2, 0) is 63.8 Å². The molecular formula is C68H107N11O14S3. The van der Waals surface area contributed by atoms with Crippen LogP contribution in [0, 0.1) is 24.7 Å². The van der Waals surface area contributed by atoms with Crippen LogP contribution in [0.5, 0.6) is 0 Å². The average Bonchev–Trinajstić information content (AvgIpc) is 1.37. The lowest BCUT2D eigenvalue weighted by Crippen LogP contribution is -2.60. The molecule has 0 aliphatic carbocycles. The molecule has 3 aliphatic rings. The SMILES string of the molecule is CCCO[C@H](C[C@H](C(C)C)N(CCC)C(=O)[C@@H](NC(=O)C(C)(C)N(C)C)C(C)CC)c1nc(C(=O)N[C@@H](Cc2ccc(C)cc2)CC(C)C(=O)NC(CCCCNC(=O)CCC(=O)N2CCN3C(=O)CC(SCSC4CC(=O)N(CC2)C4=O)C3=O)C(=O)NCCOCCO)cs1. The Kier molecular flexibility index (Phi) is 33.7. The predicted molar refractivity (Wildman–Crippen MR) is 371 cm³/mol. The summed E-state index contributed by atoms with van der Waals surface area (Å²) in [4.78, 5) is 162. The van der Waals surface area contributed by atoms with Gasteiger partial charge >= 0.3 is 0 Å². The summed E-state index contributed by atoms with van der Waals surface area (Å²) in [5.41, 5.74) is 1.27. The van der Waals surface area contributed by atoms with Crippen molar-refractivity contribution >= 4 is 99.8 Å². The van der Waals surface area contributed by atoms with Crippen molar-refractivity contribution in [1.29, 1.82) is 0 Å². The number of thioether (sulfide) groups is 2. The number of thiazole rings is 1. The van der Waals surface area contributed by atoms with Gasteiger partial charge in [0, 0.05) is 113 Å². The number of carbonyl (C=O) groups is 11. The lowest BCUT2D eigenvalue weighted by Gasteiger charge is -2.40. The molecule has 4 bridgehead atoms. The van der Waals surface area contributed by atoms with Crippen molar-refractivity contribution in [2.24, 2.45) is 17.8 Å². The second kappa shape index (κ2) is 40.1. The largest absolute Gasteiger partial charge is 0.394 e. The third-order valence-electron chi connectivity index (χ3n) is 18.1. The Morgan fingerprint density at radius 2 is 1.42 bits per heavy atom. The summed E-state index contributed by atoms with van der Waals surface area (Å²) in [5, 5.41) is 25.5. The van der Waals surface area contributed by atoms with Crippen LogP contribution >= 0.6 is 34.9 Å². The van der Waals surface area contributed by atoms with Crippen LogP contribution in [0.4, 0.5) is 0 Å². The molecule has 0 spiro atoms. The maximum atomic E-state index is 14.9. The minimum atomic E-state index is -1.00. The number of aromatic nitrogens is 1. The molecule has 5 unspecified atom stereocenters. The Morgan fingerprint density at radius 1 is 0.771 bits per heavy atom. The molecule has 11 amide bonds. The van der Waals surface area contributed by atoms with Crippen LogP contribution in [0.25, 0.3) is 0 Å².